The molecule has 0 fully saturated rings. The van der Waals surface area contributed by atoms with Crippen molar-refractivity contribution in [2.24, 2.45) is 0 Å². The number of benzene rings is 1. The van der Waals surface area contributed by atoms with Crippen molar-refractivity contribution in [1.82, 2.24) is 5.32 Å². The van der Waals surface area contributed by atoms with Crippen LogP contribution < -0.4 is 5.32 Å². The zero-order chi connectivity index (χ0) is 9.84. The molecule has 1 atom stereocenters. The zero-order valence-electron chi connectivity index (χ0n) is 7.10. The summed E-state index contributed by atoms with van der Waals surface area (Å²) in [5.41, 5.74) is 0.656. The smallest absolute Gasteiger partial charge is 0.128 e. The third-order valence-electron chi connectivity index (χ3n) is 1.80. The molecule has 72 valence electrons. The fourth-order valence-electron chi connectivity index (χ4n) is 1.14. The molecule has 0 spiro atoms. The van der Waals surface area contributed by atoms with Crippen molar-refractivity contribution >= 4 is 31.9 Å². The molecule has 0 saturated carbocycles. The van der Waals surface area contributed by atoms with Gasteiger partial charge in [-0.3, -0.25) is 0 Å². The van der Waals surface area contributed by atoms with Gasteiger partial charge >= 0.3 is 0 Å². The first kappa shape index (κ1) is 11.1. The van der Waals surface area contributed by atoms with Crippen LogP contribution in [-0.4, -0.2) is 10.8 Å². The monoisotopic (exact) mass is 309 g/mol. The van der Waals surface area contributed by atoms with Crippen LogP contribution in [0, 0.1) is 5.82 Å². The van der Waals surface area contributed by atoms with E-state index in [4.69, 9.17) is 0 Å². The van der Waals surface area contributed by atoms with Crippen LogP contribution >= 0.6 is 31.9 Å². The topological polar surface area (TPSA) is 12.0 Å². The Bertz CT molecular complexity index is 278. The lowest BCUT2D eigenvalue weighted by atomic mass is 10.1. The molecule has 0 amide bonds. The lowest BCUT2D eigenvalue weighted by Crippen LogP contribution is -2.22. The molecule has 0 aliphatic heterocycles. The third-order valence-corrected chi connectivity index (χ3v) is 2.86. The maximum Gasteiger partial charge on any atom is 0.128 e. The van der Waals surface area contributed by atoms with E-state index in [1.165, 1.54) is 6.07 Å². The van der Waals surface area contributed by atoms with E-state index in [9.17, 15) is 4.39 Å². The second-order valence-electron chi connectivity index (χ2n) is 2.62. The number of hydrogen-bond donors (Lipinski definition) is 1. The molecular formula is C9H10Br2FN. The molecule has 0 aromatic heterocycles. The van der Waals surface area contributed by atoms with E-state index in [-0.39, 0.29) is 15.6 Å². The van der Waals surface area contributed by atoms with E-state index in [0.29, 0.717) is 5.56 Å². The Morgan fingerprint density at radius 1 is 1.31 bits per heavy atom. The number of halogens is 3. The summed E-state index contributed by atoms with van der Waals surface area (Å²) < 4.78 is 13.3. The summed E-state index contributed by atoms with van der Waals surface area (Å²) in [6, 6.07) is 6.67. The lowest BCUT2D eigenvalue weighted by molar-refractivity contribution is 0.561. The number of hydrogen-bond acceptors (Lipinski definition) is 1. The largest absolute Gasteiger partial charge is 0.311 e. The van der Waals surface area contributed by atoms with Crippen molar-refractivity contribution in [3.63, 3.8) is 0 Å². The molecule has 1 aromatic carbocycles. The maximum absolute atomic E-state index is 13.3. The molecule has 1 unspecified atom stereocenters. The van der Waals surface area contributed by atoms with E-state index in [1.807, 2.05) is 6.07 Å². The highest BCUT2D eigenvalue weighted by Crippen LogP contribution is 2.28. The number of nitrogens with one attached hydrogen (secondary N) is 1. The minimum absolute atomic E-state index is 0.0156. The Morgan fingerprint density at radius 2 is 1.92 bits per heavy atom. The molecule has 1 rings (SSSR count). The summed E-state index contributed by atoms with van der Waals surface area (Å²) in [6.45, 7) is 0. The van der Waals surface area contributed by atoms with Gasteiger partial charge in [0.25, 0.3) is 0 Å². The van der Waals surface area contributed by atoms with Crippen LogP contribution in [0.15, 0.2) is 24.3 Å². The van der Waals surface area contributed by atoms with Gasteiger partial charge in [-0.2, -0.15) is 0 Å². The zero-order valence-corrected chi connectivity index (χ0v) is 10.3. The van der Waals surface area contributed by atoms with Crippen LogP contribution in [0.4, 0.5) is 4.39 Å². The van der Waals surface area contributed by atoms with E-state index >= 15 is 0 Å². The van der Waals surface area contributed by atoms with Crippen LogP contribution in [0.3, 0.4) is 0 Å². The molecule has 1 aromatic rings. The summed E-state index contributed by atoms with van der Waals surface area (Å²) in [5.74, 6) is -0.189. The Hall–Kier alpha value is 0.0700. The summed E-state index contributed by atoms with van der Waals surface area (Å²) >= 11 is 6.72. The van der Waals surface area contributed by atoms with Crippen molar-refractivity contribution in [2.45, 2.75) is 9.78 Å². The van der Waals surface area contributed by atoms with E-state index < -0.39 is 0 Å². The van der Waals surface area contributed by atoms with Gasteiger partial charge in [-0.15, -0.1) is 0 Å². The molecule has 0 saturated heterocycles. The first-order chi connectivity index (χ1) is 6.16. The van der Waals surface area contributed by atoms with Crippen molar-refractivity contribution < 1.29 is 4.39 Å². The van der Waals surface area contributed by atoms with Crippen LogP contribution in [0.2, 0.25) is 0 Å². The minimum Gasteiger partial charge on any atom is -0.311 e. The Morgan fingerprint density at radius 3 is 2.38 bits per heavy atom. The van der Waals surface area contributed by atoms with Gasteiger partial charge in [0.2, 0.25) is 0 Å². The molecule has 0 radical (unpaired) electrons. The Balaban J connectivity index is 2.97. The normalized spacial score (nSPS) is 13.3. The van der Waals surface area contributed by atoms with Gasteiger partial charge in [-0.1, -0.05) is 50.1 Å². The molecular weight excluding hydrogens is 301 g/mol. The predicted molar refractivity (Wildman–Crippen MR) is 59.8 cm³/mol. The van der Waals surface area contributed by atoms with Crippen molar-refractivity contribution in [3.8, 4) is 0 Å². The molecule has 0 aliphatic carbocycles. The fraction of sp³-hybridized carbons (Fsp3) is 0.333. The van der Waals surface area contributed by atoms with Gasteiger partial charge in [-0.05, 0) is 13.1 Å². The average Bonchev–Trinajstić information content (AvgIpc) is 2.09. The van der Waals surface area contributed by atoms with Gasteiger partial charge in [-0.25, -0.2) is 4.39 Å². The van der Waals surface area contributed by atoms with E-state index in [0.717, 1.165) is 0 Å². The summed E-state index contributed by atoms with van der Waals surface area (Å²) in [4.78, 5) is 0. The van der Waals surface area contributed by atoms with Crippen LogP contribution in [0.25, 0.3) is 0 Å². The highest BCUT2D eigenvalue weighted by atomic mass is 79.9. The molecule has 1 nitrogen and oxygen atoms in total. The second kappa shape index (κ2) is 5.08. The number of rotatable bonds is 3. The molecule has 0 heterocycles. The van der Waals surface area contributed by atoms with Crippen molar-refractivity contribution in [2.75, 3.05) is 7.05 Å². The van der Waals surface area contributed by atoms with Gasteiger partial charge in [0.15, 0.2) is 0 Å². The average molecular weight is 311 g/mol. The molecule has 13 heavy (non-hydrogen) atoms. The van der Waals surface area contributed by atoms with Gasteiger partial charge in [0, 0.05) is 5.56 Å². The first-order valence-electron chi connectivity index (χ1n) is 3.86. The van der Waals surface area contributed by atoms with Crippen LogP contribution in [0.1, 0.15) is 11.6 Å². The molecule has 4 heteroatoms. The van der Waals surface area contributed by atoms with Crippen LogP contribution in [0.5, 0.6) is 0 Å². The summed E-state index contributed by atoms with van der Waals surface area (Å²) in [7, 11) is 1.80. The third kappa shape index (κ3) is 2.76. The molecule has 0 bridgehead atoms. The Labute approximate surface area is 94.0 Å². The number of alkyl halides is 2. The van der Waals surface area contributed by atoms with E-state index in [1.54, 1.807) is 19.2 Å². The van der Waals surface area contributed by atoms with Gasteiger partial charge < -0.3 is 5.32 Å². The molecule has 0 aliphatic rings. The van der Waals surface area contributed by atoms with Gasteiger partial charge in [0.05, 0.1) is 9.78 Å². The highest BCUT2D eigenvalue weighted by molar-refractivity contribution is 9.24. The van der Waals surface area contributed by atoms with Crippen LogP contribution in [-0.2, 0) is 0 Å². The predicted octanol–water partition coefficient (Wildman–Crippen LogP) is 3.20. The lowest BCUT2D eigenvalue weighted by Gasteiger charge is -2.18. The fourth-order valence-corrected chi connectivity index (χ4v) is 2.24. The first-order valence-corrected chi connectivity index (χ1v) is 5.69. The van der Waals surface area contributed by atoms with Gasteiger partial charge in [0.1, 0.15) is 5.82 Å². The summed E-state index contributed by atoms with van der Waals surface area (Å²) in [6.07, 6.45) is 0. The quantitative estimate of drug-likeness (QED) is 0.845. The highest BCUT2D eigenvalue weighted by Gasteiger charge is 2.18. The molecule has 1 N–H and O–H groups in total. The SMILES string of the molecule is CNC(c1ccccc1F)C(Br)Br. The van der Waals surface area contributed by atoms with Crippen molar-refractivity contribution in [3.05, 3.63) is 35.6 Å². The minimum atomic E-state index is -0.189. The van der Waals surface area contributed by atoms with E-state index in [2.05, 4.69) is 37.2 Å². The summed E-state index contributed by atoms with van der Waals surface area (Å²) in [5, 5.41) is 3.02. The Kier molecular flexibility index (Phi) is 4.35. The second-order valence-corrected chi connectivity index (χ2v) is 5.82. The maximum atomic E-state index is 13.3. The standard InChI is InChI=1S/C9H10Br2FN/c1-13-8(9(10)11)6-4-2-3-5-7(6)12/h2-5,8-9,13H,1H3. The van der Waals surface area contributed by atoms with Crippen molar-refractivity contribution in [1.29, 1.82) is 0 Å².